The molecule has 2 heterocycles. The smallest absolute Gasteiger partial charge is 0.136 e. The minimum Gasteiger partial charge on any atom is -0.456 e. The van der Waals surface area contributed by atoms with Gasteiger partial charge in [-0.1, -0.05) is 212 Å². The second kappa shape index (κ2) is 18.6. The molecule has 3 nitrogen and oxygen atoms in total. The van der Waals surface area contributed by atoms with Gasteiger partial charge in [0, 0.05) is 44.3 Å². The molecule has 0 saturated heterocycles. The molecule has 0 atom stereocenters. The Morgan fingerprint density at radius 1 is 0.240 bits per heavy atom. The Labute approximate surface area is 436 Å². The van der Waals surface area contributed by atoms with Gasteiger partial charge in [-0.25, -0.2) is 0 Å². The molecule has 352 valence electrons. The van der Waals surface area contributed by atoms with Crippen LogP contribution in [-0.2, 0) is 0 Å². The van der Waals surface area contributed by atoms with Crippen molar-refractivity contribution < 1.29 is 4.42 Å². The fourth-order valence-electron chi connectivity index (χ4n) is 11.3. The first-order chi connectivity index (χ1) is 37.2. The number of benzene rings is 12. The SMILES string of the molecule is c1ccc(-c2ccccc2-c2ccccc2-c2ccccc2-c2ccc(N(c3ccc(-c4ccc(-n5c6ccccc6c6ccccc65)cc4)cc3)c3ccc(-c4ccc5c(c4)oc4ccccc45)cc3)cc2)cc1. The van der Waals surface area contributed by atoms with Crippen molar-refractivity contribution >= 4 is 60.8 Å². The average Bonchev–Trinajstić information content (AvgIpc) is 4.05. The van der Waals surface area contributed by atoms with E-state index < -0.39 is 0 Å². The van der Waals surface area contributed by atoms with Gasteiger partial charge in [-0.3, -0.25) is 0 Å². The molecule has 3 heteroatoms. The minimum absolute atomic E-state index is 0.892. The lowest BCUT2D eigenvalue weighted by Gasteiger charge is -2.26. The molecule has 14 aromatic rings. The van der Waals surface area contributed by atoms with Crippen LogP contribution in [0.4, 0.5) is 17.1 Å². The highest BCUT2D eigenvalue weighted by atomic mass is 16.3. The Kier molecular flexibility index (Phi) is 10.8. The standard InChI is InChI=1S/C72H48N2O/c1-2-16-52(17-3-1)59-18-4-6-20-61(59)63-22-8-9-23-64(63)62-21-7-5-19-60(62)53-36-45-57(46-37-53)73(56-41-34-51(35-42-56)54-38-47-68-67-26-12-15-29-71(67)75-72(68)48-54)55-39-30-49(31-40-55)50-32-43-58(44-33-50)74-69-27-13-10-24-65(69)66-25-11-14-28-70(66)74/h1-48H. The molecule has 0 radical (unpaired) electrons. The molecule has 0 aliphatic rings. The molecule has 0 aliphatic heterocycles. The summed E-state index contributed by atoms with van der Waals surface area (Å²) in [7, 11) is 0. The third kappa shape index (κ3) is 7.86. The summed E-state index contributed by atoms with van der Waals surface area (Å²) in [4.78, 5) is 2.35. The van der Waals surface area contributed by atoms with Crippen LogP contribution in [0, 0.1) is 0 Å². The lowest BCUT2D eigenvalue weighted by atomic mass is 9.87. The topological polar surface area (TPSA) is 21.3 Å². The number of anilines is 3. The van der Waals surface area contributed by atoms with E-state index in [1.165, 1.54) is 60.8 Å². The second-order valence-electron chi connectivity index (χ2n) is 19.2. The summed E-state index contributed by atoms with van der Waals surface area (Å²) in [5.74, 6) is 0. The zero-order chi connectivity index (χ0) is 49.7. The number of nitrogens with zero attached hydrogens (tertiary/aromatic N) is 2. The van der Waals surface area contributed by atoms with E-state index in [2.05, 4.69) is 289 Å². The van der Waals surface area contributed by atoms with Crippen molar-refractivity contribution in [3.05, 3.63) is 291 Å². The average molecular weight is 957 g/mol. The predicted octanol–water partition coefficient (Wildman–Crippen LogP) is 20.2. The highest BCUT2D eigenvalue weighted by Crippen LogP contribution is 2.44. The van der Waals surface area contributed by atoms with E-state index in [0.29, 0.717) is 0 Å². The number of hydrogen-bond donors (Lipinski definition) is 0. The van der Waals surface area contributed by atoms with Gasteiger partial charge in [0.05, 0.1) is 11.0 Å². The number of fused-ring (bicyclic) bond motifs is 6. The zero-order valence-corrected chi connectivity index (χ0v) is 41.0. The number of para-hydroxylation sites is 3. The molecular formula is C72H48N2O. The van der Waals surface area contributed by atoms with Gasteiger partial charge < -0.3 is 13.9 Å². The summed E-state index contributed by atoms with van der Waals surface area (Å²) in [6.45, 7) is 0. The maximum atomic E-state index is 6.30. The van der Waals surface area contributed by atoms with E-state index in [0.717, 1.165) is 72.5 Å². The first-order valence-corrected chi connectivity index (χ1v) is 25.6. The molecule has 0 N–H and O–H groups in total. The molecular weight excluding hydrogens is 909 g/mol. The van der Waals surface area contributed by atoms with Crippen molar-refractivity contribution in [3.63, 3.8) is 0 Å². The Hall–Kier alpha value is -9.96. The van der Waals surface area contributed by atoms with Gasteiger partial charge in [-0.05, 0) is 146 Å². The molecule has 0 aliphatic carbocycles. The molecule has 0 fully saturated rings. The first kappa shape index (κ1) is 43.8. The van der Waals surface area contributed by atoms with Crippen LogP contribution in [0.15, 0.2) is 296 Å². The fraction of sp³-hybridized carbons (Fsp3) is 0. The predicted molar refractivity (Wildman–Crippen MR) is 315 cm³/mol. The van der Waals surface area contributed by atoms with Gasteiger partial charge >= 0.3 is 0 Å². The monoisotopic (exact) mass is 956 g/mol. The molecule has 75 heavy (non-hydrogen) atoms. The van der Waals surface area contributed by atoms with Crippen molar-refractivity contribution in [3.8, 4) is 72.4 Å². The van der Waals surface area contributed by atoms with Gasteiger partial charge in [0.1, 0.15) is 11.2 Å². The van der Waals surface area contributed by atoms with Crippen LogP contribution in [0.25, 0.3) is 116 Å². The summed E-state index contributed by atoms with van der Waals surface area (Å²) < 4.78 is 8.67. The van der Waals surface area contributed by atoms with E-state index in [-0.39, 0.29) is 0 Å². The van der Waals surface area contributed by atoms with Gasteiger partial charge in [0.25, 0.3) is 0 Å². The molecule has 0 saturated carbocycles. The van der Waals surface area contributed by atoms with Crippen molar-refractivity contribution in [2.24, 2.45) is 0 Å². The Bertz CT molecular complexity index is 4320. The molecule has 14 rings (SSSR count). The molecule has 0 bridgehead atoms. The van der Waals surface area contributed by atoms with Crippen LogP contribution >= 0.6 is 0 Å². The molecule has 0 spiro atoms. The molecule has 12 aromatic carbocycles. The Balaban J connectivity index is 0.820. The van der Waals surface area contributed by atoms with Crippen LogP contribution < -0.4 is 4.90 Å². The van der Waals surface area contributed by atoms with Crippen LogP contribution in [-0.4, -0.2) is 4.57 Å². The van der Waals surface area contributed by atoms with E-state index in [9.17, 15) is 0 Å². The second-order valence-corrected chi connectivity index (χ2v) is 19.2. The van der Waals surface area contributed by atoms with E-state index in [4.69, 9.17) is 4.42 Å². The lowest BCUT2D eigenvalue weighted by Crippen LogP contribution is -2.09. The van der Waals surface area contributed by atoms with E-state index in [1.54, 1.807) is 0 Å². The zero-order valence-electron chi connectivity index (χ0n) is 41.0. The third-order valence-corrected chi connectivity index (χ3v) is 14.9. The summed E-state index contributed by atoms with van der Waals surface area (Å²) >= 11 is 0. The van der Waals surface area contributed by atoms with Crippen LogP contribution in [0.1, 0.15) is 0 Å². The van der Waals surface area contributed by atoms with E-state index in [1.807, 2.05) is 12.1 Å². The van der Waals surface area contributed by atoms with Gasteiger partial charge in [0.15, 0.2) is 0 Å². The largest absolute Gasteiger partial charge is 0.456 e. The number of furan rings is 1. The van der Waals surface area contributed by atoms with Gasteiger partial charge in [0.2, 0.25) is 0 Å². The summed E-state index contributed by atoms with van der Waals surface area (Å²) in [5.41, 5.74) is 22.7. The van der Waals surface area contributed by atoms with Crippen molar-refractivity contribution in [1.82, 2.24) is 4.57 Å². The highest BCUT2D eigenvalue weighted by Gasteiger charge is 2.19. The van der Waals surface area contributed by atoms with Crippen LogP contribution in [0.2, 0.25) is 0 Å². The molecule has 0 unspecified atom stereocenters. The highest BCUT2D eigenvalue weighted by molar-refractivity contribution is 6.09. The van der Waals surface area contributed by atoms with E-state index >= 15 is 0 Å². The summed E-state index contributed by atoms with van der Waals surface area (Å²) in [6, 6.07) is 105. The van der Waals surface area contributed by atoms with Gasteiger partial charge in [-0.2, -0.15) is 0 Å². The van der Waals surface area contributed by atoms with Crippen LogP contribution in [0.5, 0.6) is 0 Å². The number of rotatable bonds is 10. The quantitative estimate of drug-likeness (QED) is 0.136. The third-order valence-electron chi connectivity index (χ3n) is 14.9. The lowest BCUT2D eigenvalue weighted by molar-refractivity contribution is 0.669. The van der Waals surface area contributed by atoms with Crippen molar-refractivity contribution in [1.29, 1.82) is 0 Å². The van der Waals surface area contributed by atoms with Gasteiger partial charge in [-0.15, -0.1) is 0 Å². The Morgan fingerprint density at radius 2 is 0.600 bits per heavy atom. The normalized spacial score (nSPS) is 11.5. The number of hydrogen-bond acceptors (Lipinski definition) is 2. The maximum Gasteiger partial charge on any atom is 0.136 e. The summed E-state index contributed by atoms with van der Waals surface area (Å²) in [5, 5.41) is 4.79. The van der Waals surface area contributed by atoms with Crippen molar-refractivity contribution in [2.75, 3.05) is 4.90 Å². The number of aromatic nitrogens is 1. The summed E-state index contributed by atoms with van der Waals surface area (Å²) in [6.07, 6.45) is 0. The Morgan fingerprint density at radius 3 is 1.13 bits per heavy atom. The maximum absolute atomic E-state index is 6.30. The first-order valence-electron chi connectivity index (χ1n) is 25.6. The fourth-order valence-corrected chi connectivity index (χ4v) is 11.3. The van der Waals surface area contributed by atoms with Crippen LogP contribution in [0.3, 0.4) is 0 Å². The molecule has 2 aromatic heterocycles. The minimum atomic E-state index is 0.892. The molecule has 0 amide bonds. The van der Waals surface area contributed by atoms with Crippen molar-refractivity contribution in [2.45, 2.75) is 0 Å².